The van der Waals surface area contributed by atoms with Crippen molar-refractivity contribution in [3.05, 3.63) is 35.8 Å². The van der Waals surface area contributed by atoms with Crippen LogP contribution >= 0.6 is 0 Å². The van der Waals surface area contributed by atoms with Crippen molar-refractivity contribution in [1.29, 1.82) is 0 Å². The van der Waals surface area contributed by atoms with Crippen molar-refractivity contribution >= 4 is 5.97 Å². The number of hydrogen-bond acceptors (Lipinski definition) is 3. The highest BCUT2D eigenvalue weighted by atomic mass is 19.1. The van der Waals surface area contributed by atoms with Crippen molar-refractivity contribution in [2.24, 2.45) is 0 Å². The van der Waals surface area contributed by atoms with E-state index >= 15 is 0 Å². The minimum absolute atomic E-state index is 0.329. The second kappa shape index (κ2) is 3.31. The van der Waals surface area contributed by atoms with Crippen LogP contribution in [-0.2, 0) is 4.79 Å². The van der Waals surface area contributed by atoms with E-state index in [2.05, 4.69) is 10.2 Å². The Morgan fingerprint density at radius 1 is 1.53 bits per heavy atom. The van der Waals surface area contributed by atoms with Crippen LogP contribution in [0.2, 0.25) is 0 Å². The summed E-state index contributed by atoms with van der Waals surface area (Å²) in [6, 6.07) is 3.91. The molecule has 0 amide bonds. The summed E-state index contributed by atoms with van der Waals surface area (Å²) >= 11 is 0. The zero-order valence-electron chi connectivity index (χ0n) is 8.48. The lowest BCUT2D eigenvalue weighted by atomic mass is 10.00. The Kier molecular flexibility index (Phi) is 1.91. The Hall–Kier alpha value is -2.37. The molecule has 3 rings (SSSR count). The van der Waals surface area contributed by atoms with E-state index in [0.717, 1.165) is 0 Å². The fourth-order valence-electron chi connectivity index (χ4n) is 1.88. The molecule has 2 heterocycles. The first kappa shape index (κ1) is 9.83. The lowest BCUT2D eigenvalue weighted by Gasteiger charge is -2.22. The molecule has 1 atom stereocenters. The Balaban J connectivity index is 2.23. The zero-order chi connectivity index (χ0) is 12.0. The molecule has 2 N–H and O–H groups in total. The van der Waals surface area contributed by atoms with Gasteiger partial charge in [0.2, 0.25) is 6.10 Å². The molecule has 0 saturated heterocycles. The van der Waals surface area contributed by atoms with E-state index in [1.165, 1.54) is 24.4 Å². The fourth-order valence-corrected chi connectivity index (χ4v) is 1.88. The first-order chi connectivity index (χ1) is 8.16. The molecule has 0 bridgehead atoms. The Labute approximate surface area is 94.8 Å². The quantitative estimate of drug-likeness (QED) is 0.787. The maximum absolute atomic E-state index is 13.1. The molecular weight excluding hydrogens is 227 g/mol. The molecule has 1 aliphatic heterocycles. The molecule has 0 spiro atoms. The molecule has 1 aromatic carbocycles. The number of nitrogens with one attached hydrogen (secondary N) is 1. The first-order valence-electron chi connectivity index (χ1n) is 4.89. The molecule has 1 aromatic heterocycles. The molecule has 5 nitrogen and oxygen atoms in total. The molecule has 0 radical (unpaired) electrons. The van der Waals surface area contributed by atoms with Crippen molar-refractivity contribution in [1.82, 2.24) is 10.2 Å². The number of aliphatic carboxylic acids is 1. The first-order valence-corrected chi connectivity index (χ1v) is 4.89. The topological polar surface area (TPSA) is 75.2 Å². The van der Waals surface area contributed by atoms with Crippen LogP contribution < -0.4 is 4.74 Å². The highest BCUT2D eigenvalue weighted by Crippen LogP contribution is 2.41. The molecule has 1 aliphatic rings. The van der Waals surface area contributed by atoms with Crippen LogP contribution in [0.25, 0.3) is 11.3 Å². The lowest BCUT2D eigenvalue weighted by molar-refractivity contribution is -0.145. The SMILES string of the molecule is O=C(O)C1Oc2ccc(F)cc2-c2[nH]ncc21. The summed E-state index contributed by atoms with van der Waals surface area (Å²) in [6.07, 6.45) is 0.267. The number of aromatic nitrogens is 2. The number of benzene rings is 1. The third-order valence-corrected chi connectivity index (χ3v) is 2.63. The number of ether oxygens (including phenoxy) is 1. The van der Waals surface area contributed by atoms with Crippen molar-refractivity contribution in [3.63, 3.8) is 0 Å². The van der Waals surface area contributed by atoms with E-state index in [1.54, 1.807) is 0 Å². The molecule has 0 saturated carbocycles. The van der Waals surface area contributed by atoms with Gasteiger partial charge < -0.3 is 9.84 Å². The van der Waals surface area contributed by atoms with Gasteiger partial charge in [0.1, 0.15) is 11.6 Å². The molecule has 1 unspecified atom stereocenters. The van der Waals surface area contributed by atoms with E-state index in [0.29, 0.717) is 22.6 Å². The van der Waals surface area contributed by atoms with Gasteiger partial charge in [0.15, 0.2) is 0 Å². The Bertz CT molecular complexity index is 609. The average molecular weight is 234 g/mol. The van der Waals surface area contributed by atoms with Crippen LogP contribution in [0.15, 0.2) is 24.4 Å². The zero-order valence-corrected chi connectivity index (χ0v) is 8.48. The summed E-state index contributed by atoms with van der Waals surface area (Å²) in [5.41, 5.74) is 1.36. The number of hydrogen-bond donors (Lipinski definition) is 2. The predicted molar refractivity (Wildman–Crippen MR) is 55.0 cm³/mol. The third kappa shape index (κ3) is 1.37. The average Bonchev–Trinajstić information content (AvgIpc) is 2.76. The number of aromatic amines is 1. The van der Waals surface area contributed by atoms with Gasteiger partial charge in [-0.3, -0.25) is 5.10 Å². The maximum atomic E-state index is 13.1. The van der Waals surface area contributed by atoms with E-state index in [1.807, 2.05) is 0 Å². The number of fused-ring (bicyclic) bond motifs is 3. The van der Waals surface area contributed by atoms with Crippen LogP contribution in [0.4, 0.5) is 4.39 Å². The van der Waals surface area contributed by atoms with Gasteiger partial charge in [0.25, 0.3) is 0 Å². The van der Waals surface area contributed by atoms with Gasteiger partial charge in [-0.2, -0.15) is 5.10 Å². The lowest BCUT2D eigenvalue weighted by Crippen LogP contribution is -2.21. The summed E-state index contributed by atoms with van der Waals surface area (Å²) in [7, 11) is 0. The molecule has 0 fully saturated rings. The largest absolute Gasteiger partial charge is 0.478 e. The van der Waals surface area contributed by atoms with Gasteiger partial charge >= 0.3 is 5.97 Å². The molecule has 17 heavy (non-hydrogen) atoms. The van der Waals surface area contributed by atoms with Crippen LogP contribution in [0.1, 0.15) is 11.7 Å². The Morgan fingerprint density at radius 2 is 2.35 bits per heavy atom. The van der Waals surface area contributed by atoms with Crippen LogP contribution in [0.3, 0.4) is 0 Å². The second-order valence-corrected chi connectivity index (χ2v) is 3.68. The van der Waals surface area contributed by atoms with Gasteiger partial charge in [-0.25, -0.2) is 9.18 Å². The number of rotatable bonds is 1. The molecule has 86 valence electrons. The Morgan fingerprint density at radius 3 is 3.12 bits per heavy atom. The van der Waals surface area contributed by atoms with Crippen molar-refractivity contribution in [3.8, 4) is 17.0 Å². The van der Waals surface area contributed by atoms with Gasteiger partial charge in [0.05, 0.1) is 11.9 Å². The summed E-state index contributed by atoms with van der Waals surface area (Å²) < 4.78 is 18.5. The van der Waals surface area contributed by atoms with E-state index in [9.17, 15) is 9.18 Å². The number of carboxylic acids is 1. The number of H-pyrrole nitrogens is 1. The van der Waals surface area contributed by atoms with Gasteiger partial charge in [-0.05, 0) is 18.2 Å². The van der Waals surface area contributed by atoms with Gasteiger partial charge in [-0.1, -0.05) is 0 Å². The number of halogens is 1. The molecule has 6 heteroatoms. The van der Waals surface area contributed by atoms with Crippen LogP contribution in [0, 0.1) is 5.82 Å². The van der Waals surface area contributed by atoms with Crippen molar-refractivity contribution < 1.29 is 19.0 Å². The van der Waals surface area contributed by atoms with Gasteiger partial charge in [-0.15, -0.1) is 0 Å². The van der Waals surface area contributed by atoms with Crippen LogP contribution in [-0.4, -0.2) is 21.3 Å². The minimum Gasteiger partial charge on any atom is -0.478 e. The van der Waals surface area contributed by atoms with Crippen molar-refractivity contribution in [2.75, 3.05) is 0 Å². The molecular formula is C11H7FN2O3. The van der Waals surface area contributed by atoms with Crippen molar-refractivity contribution in [2.45, 2.75) is 6.10 Å². The maximum Gasteiger partial charge on any atom is 0.349 e. The monoisotopic (exact) mass is 234 g/mol. The summed E-state index contributed by atoms with van der Waals surface area (Å²) in [5, 5.41) is 15.5. The molecule has 2 aromatic rings. The minimum atomic E-state index is -1.11. The third-order valence-electron chi connectivity index (χ3n) is 2.63. The number of carboxylic acid groups (broad SMARTS) is 1. The van der Waals surface area contributed by atoms with E-state index in [-0.39, 0.29) is 0 Å². The molecule has 0 aliphatic carbocycles. The smallest absolute Gasteiger partial charge is 0.349 e. The van der Waals surface area contributed by atoms with E-state index in [4.69, 9.17) is 9.84 Å². The fraction of sp³-hybridized carbons (Fsp3) is 0.0909. The summed E-state index contributed by atoms with van der Waals surface area (Å²) in [4.78, 5) is 11.1. The van der Waals surface area contributed by atoms with Gasteiger partial charge in [0, 0.05) is 11.1 Å². The van der Waals surface area contributed by atoms with Crippen LogP contribution in [0.5, 0.6) is 5.75 Å². The highest BCUT2D eigenvalue weighted by Gasteiger charge is 2.33. The predicted octanol–water partition coefficient (Wildman–Crippen LogP) is 1.73. The number of nitrogens with zero attached hydrogens (tertiary/aromatic N) is 1. The second-order valence-electron chi connectivity index (χ2n) is 3.68. The summed E-state index contributed by atoms with van der Waals surface area (Å²) in [6.45, 7) is 0. The number of carbonyl (C=O) groups is 1. The summed E-state index contributed by atoms with van der Waals surface area (Å²) in [5.74, 6) is -1.19. The standard InChI is InChI=1S/C11H7FN2O3/c12-5-1-2-8-6(3-5)9-7(4-13-14-9)10(17-8)11(15)16/h1-4,10H,(H,13,14)(H,15,16). The normalized spacial score (nSPS) is 16.9. The van der Waals surface area contributed by atoms with E-state index < -0.39 is 17.9 Å². The highest BCUT2D eigenvalue weighted by molar-refractivity contribution is 5.82.